The number of hydrogen-bond acceptors (Lipinski definition) is 4. The molecule has 0 aliphatic carbocycles. The first-order valence-electron chi connectivity index (χ1n) is 5.48. The summed E-state index contributed by atoms with van der Waals surface area (Å²) in [6, 6.07) is 7.20. The lowest BCUT2D eigenvalue weighted by molar-refractivity contribution is 0.214. The fourth-order valence-electron chi connectivity index (χ4n) is 1.54. The van der Waals surface area contributed by atoms with Gasteiger partial charge in [-0.1, -0.05) is 6.07 Å². The Balaban J connectivity index is 2.25. The monoisotopic (exact) mass is 230 g/mol. The summed E-state index contributed by atoms with van der Waals surface area (Å²) < 4.78 is 5.34. The Kier molecular flexibility index (Phi) is 3.67. The second kappa shape index (κ2) is 5.41. The van der Waals surface area contributed by atoms with Crippen LogP contribution in [0.4, 0.5) is 0 Å². The van der Waals surface area contributed by atoms with Gasteiger partial charge in [-0.15, -0.1) is 0 Å². The summed E-state index contributed by atoms with van der Waals surface area (Å²) in [5, 5.41) is 10.1. The Hall–Kier alpha value is -1.94. The molecule has 0 radical (unpaired) electrons. The van der Waals surface area contributed by atoms with Crippen LogP contribution in [0.1, 0.15) is 24.3 Å². The number of hydrogen-bond donors (Lipinski definition) is 1. The maximum atomic E-state index is 10.1. The van der Waals surface area contributed by atoms with E-state index in [1.807, 2.05) is 19.1 Å². The zero-order chi connectivity index (χ0) is 12.1. The molecule has 0 saturated heterocycles. The standard InChI is InChI=1S/C13H14N2O2/c1-2-17-11-7-10(8-14-9-11)13(16)12-5-3-4-6-15-12/h3-9,13,16H,2H2,1H3. The molecule has 88 valence electrons. The highest BCUT2D eigenvalue weighted by molar-refractivity contribution is 5.29. The van der Waals surface area contributed by atoms with Crippen molar-refractivity contribution >= 4 is 0 Å². The van der Waals surface area contributed by atoms with Gasteiger partial charge in [0.05, 0.1) is 18.5 Å². The van der Waals surface area contributed by atoms with Crippen LogP contribution < -0.4 is 4.74 Å². The Morgan fingerprint density at radius 3 is 2.94 bits per heavy atom. The van der Waals surface area contributed by atoms with E-state index >= 15 is 0 Å². The van der Waals surface area contributed by atoms with Crippen molar-refractivity contribution in [1.82, 2.24) is 9.97 Å². The SMILES string of the molecule is CCOc1cncc(C(O)c2ccccn2)c1. The number of ether oxygens (including phenoxy) is 1. The zero-order valence-corrected chi connectivity index (χ0v) is 9.58. The molecule has 0 bridgehead atoms. The van der Waals surface area contributed by atoms with Crippen molar-refractivity contribution in [3.05, 3.63) is 54.1 Å². The molecular weight excluding hydrogens is 216 g/mol. The number of aromatic nitrogens is 2. The van der Waals surface area contributed by atoms with Crippen molar-refractivity contribution < 1.29 is 9.84 Å². The average Bonchev–Trinajstić information content (AvgIpc) is 2.40. The second-order valence-electron chi connectivity index (χ2n) is 3.54. The molecule has 0 saturated carbocycles. The van der Waals surface area contributed by atoms with E-state index in [0.29, 0.717) is 23.6 Å². The topological polar surface area (TPSA) is 55.2 Å². The second-order valence-corrected chi connectivity index (χ2v) is 3.54. The van der Waals surface area contributed by atoms with Gasteiger partial charge in [0.25, 0.3) is 0 Å². The molecule has 17 heavy (non-hydrogen) atoms. The van der Waals surface area contributed by atoms with E-state index in [4.69, 9.17) is 4.74 Å². The van der Waals surface area contributed by atoms with Crippen molar-refractivity contribution in [2.24, 2.45) is 0 Å². The van der Waals surface area contributed by atoms with Gasteiger partial charge in [0, 0.05) is 18.0 Å². The summed E-state index contributed by atoms with van der Waals surface area (Å²) in [5.41, 5.74) is 1.28. The molecule has 0 aromatic carbocycles. The fraction of sp³-hybridized carbons (Fsp3) is 0.231. The molecular formula is C13H14N2O2. The largest absolute Gasteiger partial charge is 0.492 e. The molecule has 1 unspecified atom stereocenters. The van der Waals surface area contributed by atoms with Gasteiger partial charge in [-0.3, -0.25) is 9.97 Å². The smallest absolute Gasteiger partial charge is 0.137 e. The minimum absolute atomic E-state index is 0.574. The van der Waals surface area contributed by atoms with E-state index in [0.717, 1.165) is 0 Å². The molecule has 0 spiro atoms. The number of pyridine rings is 2. The Bertz CT molecular complexity index is 474. The van der Waals surface area contributed by atoms with Crippen LogP contribution in [0, 0.1) is 0 Å². The molecule has 1 atom stereocenters. The first-order chi connectivity index (χ1) is 8.31. The van der Waals surface area contributed by atoms with Crippen LogP contribution in [0.5, 0.6) is 5.75 Å². The maximum Gasteiger partial charge on any atom is 0.137 e. The Labute approximate surface area is 99.9 Å². The van der Waals surface area contributed by atoms with E-state index in [1.54, 1.807) is 30.7 Å². The summed E-state index contributed by atoms with van der Waals surface area (Å²) in [5.74, 6) is 0.653. The van der Waals surface area contributed by atoms with Gasteiger partial charge >= 0.3 is 0 Å². The van der Waals surface area contributed by atoms with Crippen LogP contribution in [-0.4, -0.2) is 21.7 Å². The lowest BCUT2D eigenvalue weighted by atomic mass is 10.1. The third-order valence-corrected chi connectivity index (χ3v) is 2.33. The minimum Gasteiger partial charge on any atom is -0.492 e. The van der Waals surface area contributed by atoms with Crippen molar-refractivity contribution in [2.45, 2.75) is 13.0 Å². The predicted molar refractivity (Wildman–Crippen MR) is 63.7 cm³/mol. The van der Waals surface area contributed by atoms with Gasteiger partial charge in [0.2, 0.25) is 0 Å². The van der Waals surface area contributed by atoms with Crippen LogP contribution in [0.2, 0.25) is 0 Å². The predicted octanol–water partition coefficient (Wildman–Crippen LogP) is 1.96. The average molecular weight is 230 g/mol. The van der Waals surface area contributed by atoms with Gasteiger partial charge in [-0.2, -0.15) is 0 Å². The lowest BCUT2D eigenvalue weighted by Gasteiger charge is -2.11. The quantitative estimate of drug-likeness (QED) is 0.872. The molecule has 2 rings (SSSR count). The summed E-state index contributed by atoms with van der Waals surface area (Å²) in [4.78, 5) is 8.15. The maximum absolute atomic E-state index is 10.1. The molecule has 0 amide bonds. The highest BCUT2D eigenvalue weighted by atomic mass is 16.5. The number of aliphatic hydroxyl groups is 1. The van der Waals surface area contributed by atoms with E-state index < -0.39 is 6.10 Å². The molecule has 4 nitrogen and oxygen atoms in total. The van der Waals surface area contributed by atoms with E-state index in [1.165, 1.54) is 0 Å². The van der Waals surface area contributed by atoms with Crippen LogP contribution in [0.25, 0.3) is 0 Å². The summed E-state index contributed by atoms with van der Waals surface area (Å²) in [7, 11) is 0. The third kappa shape index (κ3) is 2.79. The van der Waals surface area contributed by atoms with Crippen molar-refractivity contribution in [3.63, 3.8) is 0 Å². The molecule has 2 aromatic rings. The molecule has 0 aliphatic rings. The van der Waals surface area contributed by atoms with Gasteiger partial charge in [0.15, 0.2) is 0 Å². The normalized spacial score (nSPS) is 12.1. The van der Waals surface area contributed by atoms with Gasteiger partial charge in [0.1, 0.15) is 11.9 Å². The molecule has 1 N–H and O–H groups in total. The fourth-order valence-corrected chi connectivity index (χ4v) is 1.54. The van der Waals surface area contributed by atoms with E-state index in [9.17, 15) is 5.11 Å². The number of rotatable bonds is 4. The van der Waals surface area contributed by atoms with Gasteiger partial charge in [-0.25, -0.2) is 0 Å². The van der Waals surface area contributed by atoms with Gasteiger partial charge < -0.3 is 9.84 Å². The van der Waals surface area contributed by atoms with Crippen molar-refractivity contribution in [3.8, 4) is 5.75 Å². The van der Waals surface area contributed by atoms with Gasteiger partial charge in [-0.05, 0) is 25.1 Å². The van der Waals surface area contributed by atoms with Crippen LogP contribution in [0.3, 0.4) is 0 Å². The summed E-state index contributed by atoms with van der Waals surface area (Å²) >= 11 is 0. The Morgan fingerprint density at radius 1 is 1.35 bits per heavy atom. The Morgan fingerprint density at radius 2 is 2.24 bits per heavy atom. The minimum atomic E-state index is -0.774. The summed E-state index contributed by atoms with van der Waals surface area (Å²) in [6.45, 7) is 2.48. The first-order valence-corrected chi connectivity index (χ1v) is 5.48. The van der Waals surface area contributed by atoms with Crippen LogP contribution >= 0.6 is 0 Å². The first kappa shape index (κ1) is 11.5. The lowest BCUT2D eigenvalue weighted by Crippen LogP contribution is -2.03. The summed E-state index contributed by atoms with van der Waals surface area (Å²) in [6.07, 6.45) is 4.11. The van der Waals surface area contributed by atoms with E-state index in [-0.39, 0.29) is 0 Å². The van der Waals surface area contributed by atoms with Crippen molar-refractivity contribution in [1.29, 1.82) is 0 Å². The van der Waals surface area contributed by atoms with Crippen molar-refractivity contribution in [2.75, 3.05) is 6.61 Å². The number of nitrogens with zero attached hydrogens (tertiary/aromatic N) is 2. The molecule has 0 fully saturated rings. The van der Waals surface area contributed by atoms with Crippen LogP contribution in [-0.2, 0) is 0 Å². The zero-order valence-electron chi connectivity index (χ0n) is 9.58. The van der Waals surface area contributed by atoms with E-state index in [2.05, 4.69) is 9.97 Å². The molecule has 2 aromatic heterocycles. The van der Waals surface area contributed by atoms with Crippen LogP contribution in [0.15, 0.2) is 42.9 Å². The highest BCUT2D eigenvalue weighted by Gasteiger charge is 2.12. The number of aliphatic hydroxyl groups excluding tert-OH is 1. The molecule has 4 heteroatoms. The molecule has 2 heterocycles. The third-order valence-electron chi connectivity index (χ3n) is 2.33. The molecule has 0 aliphatic heterocycles. The highest BCUT2D eigenvalue weighted by Crippen LogP contribution is 2.22.